The van der Waals surface area contributed by atoms with Gasteiger partial charge in [0, 0.05) is 15.6 Å². The molecule has 0 nitrogen and oxygen atoms in total. The zero-order valence-corrected chi connectivity index (χ0v) is 9.87. The zero-order valence-electron chi connectivity index (χ0n) is 7.60. The number of hydrogen-bond donors (Lipinski definition) is 0. The van der Waals surface area contributed by atoms with Crippen molar-refractivity contribution in [2.75, 3.05) is 0 Å². The van der Waals surface area contributed by atoms with E-state index in [1.807, 2.05) is 24.3 Å². The topological polar surface area (TPSA) is 0 Å². The Morgan fingerprint density at radius 1 is 0.867 bits per heavy atom. The molecule has 2 aromatic carbocycles. The van der Waals surface area contributed by atoms with Gasteiger partial charge < -0.3 is 0 Å². The van der Waals surface area contributed by atoms with E-state index in [0.29, 0.717) is 15.1 Å². The first kappa shape index (κ1) is 10.8. The van der Waals surface area contributed by atoms with Crippen LogP contribution in [-0.4, -0.2) is 0 Å². The first-order valence-electron chi connectivity index (χ1n) is 4.29. The maximum absolute atomic E-state index is 6.06. The molecule has 0 atom stereocenters. The fourth-order valence-corrected chi connectivity index (χ4v) is 1.91. The lowest BCUT2D eigenvalue weighted by atomic mass is 10.1. The molecular weight excluding hydrogens is 250 g/mol. The molecule has 0 aromatic heterocycles. The van der Waals surface area contributed by atoms with Crippen LogP contribution in [0.5, 0.6) is 0 Å². The predicted molar refractivity (Wildman–Crippen MR) is 65.7 cm³/mol. The lowest BCUT2D eigenvalue weighted by molar-refractivity contribution is 1.61. The van der Waals surface area contributed by atoms with Crippen molar-refractivity contribution in [3.8, 4) is 11.1 Å². The van der Waals surface area contributed by atoms with Crippen molar-refractivity contribution in [2.45, 2.75) is 0 Å². The largest absolute Gasteiger partial charge is 0.0843 e. The number of halogens is 3. The Bertz CT molecular complexity index is 475. The van der Waals surface area contributed by atoms with Gasteiger partial charge in [0.15, 0.2) is 0 Å². The third-order valence-electron chi connectivity index (χ3n) is 1.99. The highest BCUT2D eigenvalue weighted by molar-refractivity contribution is 6.36. The third kappa shape index (κ3) is 2.46. The highest BCUT2D eigenvalue weighted by atomic mass is 35.5. The molecule has 0 amide bonds. The van der Waals surface area contributed by atoms with Gasteiger partial charge in [0.2, 0.25) is 0 Å². The molecular formula is C12H6Cl3. The predicted octanol–water partition coefficient (Wildman–Crippen LogP) is 5.11. The lowest BCUT2D eigenvalue weighted by Crippen LogP contribution is -1.79. The molecule has 1 radical (unpaired) electrons. The first-order valence-corrected chi connectivity index (χ1v) is 5.43. The maximum atomic E-state index is 6.06. The number of hydrogen-bond acceptors (Lipinski definition) is 0. The van der Waals surface area contributed by atoms with Gasteiger partial charge in [-0.05, 0) is 35.9 Å². The van der Waals surface area contributed by atoms with Gasteiger partial charge in [-0.2, -0.15) is 0 Å². The highest BCUT2D eigenvalue weighted by Crippen LogP contribution is 2.30. The van der Waals surface area contributed by atoms with Gasteiger partial charge >= 0.3 is 0 Å². The van der Waals surface area contributed by atoms with Crippen molar-refractivity contribution in [3.05, 3.63) is 57.5 Å². The third-order valence-corrected chi connectivity index (χ3v) is 2.76. The zero-order chi connectivity index (χ0) is 10.8. The van der Waals surface area contributed by atoms with E-state index in [1.54, 1.807) is 12.1 Å². The van der Waals surface area contributed by atoms with Crippen LogP contribution in [0.4, 0.5) is 0 Å². The fraction of sp³-hybridized carbons (Fsp3) is 0. The van der Waals surface area contributed by atoms with Crippen molar-refractivity contribution in [3.63, 3.8) is 0 Å². The summed E-state index contributed by atoms with van der Waals surface area (Å²) in [5.41, 5.74) is 1.80. The Hall–Kier alpha value is -0.690. The van der Waals surface area contributed by atoms with Crippen LogP contribution in [0.1, 0.15) is 0 Å². The molecule has 3 heteroatoms. The lowest BCUT2D eigenvalue weighted by Gasteiger charge is -2.04. The van der Waals surface area contributed by atoms with Crippen LogP contribution >= 0.6 is 34.8 Å². The molecule has 0 aliphatic rings. The van der Waals surface area contributed by atoms with E-state index in [4.69, 9.17) is 34.8 Å². The molecule has 0 spiro atoms. The average Bonchev–Trinajstić information content (AvgIpc) is 2.20. The van der Waals surface area contributed by atoms with Crippen LogP contribution in [0.25, 0.3) is 11.1 Å². The molecule has 0 unspecified atom stereocenters. The standard InChI is InChI=1S/C12H6Cl3/c13-9-3-1-8(2-4-9)11-6-5-10(14)7-12(11)15/h1-5,7H. The van der Waals surface area contributed by atoms with Gasteiger partial charge in [0.05, 0.1) is 5.02 Å². The van der Waals surface area contributed by atoms with Crippen LogP contribution in [0.3, 0.4) is 0 Å². The smallest absolute Gasteiger partial charge is 0.0505 e. The van der Waals surface area contributed by atoms with E-state index in [0.717, 1.165) is 11.1 Å². The highest BCUT2D eigenvalue weighted by Gasteiger charge is 2.04. The van der Waals surface area contributed by atoms with Gasteiger partial charge in [-0.1, -0.05) is 46.9 Å². The summed E-state index contributed by atoms with van der Waals surface area (Å²) in [6.07, 6.45) is 0. The van der Waals surface area contributed by atoms with Crippen molar-refractivity contribution in [1.29, 1.82) is 0 Å². The molecule has 0 saturated heterocycles. The van der Waals surface area contributed by atoms with E-state index in [-0.39, 0.29) is 0 Å². The Morgan fingerprint density at radius 2 is 1.53 bits per heavy atom. The van der Waals surface area contributed by atoms with Crippen LogP contribution in [0.15, 0.2) is 36.4 Å². The summed E-state index contributed by atoms with van der Waals surface area (Å²) in [7, 11) is 0. The van der Waals surface area contributed by atoms with Gasteiger partial charge in [-0.3, -0.25) is 0 Å². The summed E-state index contributed by atoms with van der Waals surface area (Å²) in [5.74, 6) is 0. The average molecular weight is 257 g/mol. The second-order valence-electron chi connectivity index (χ2n) is 3.05. The van der Waals surface area contributed by atoms with Crippen molar-refractivity contribution in [2.24, 2.45) is 0 Å². The van der Waals surface area contributed by atoms with E-state index in [9.17, 15) is 0 Å². The van der Waals surface area contributed by atoms with Gasteiger partial charge in [-0.15, -0.1) is 0 Å². The monoisotopic (exact) mass is 255 g/mol. The number of rotatable bonds is 1. The Balaban J connectivity index is 2.49. The van der Waals surface area contributed by atoms with E-state index >= 15 is 0 Å². The quantitative estimate of drug-likeness (QED) is 0.665. The summed E-state index contributed by atoms with van der Waals surface area (Å²) in [6, 6.07) is 13.8. The molecule has 75 valence electrons. The summed E-state index contributed by atoms with van der Waals surface area (Å²) in [6.45, 7) is 0. The summed E-state index contributed by atoms with van der Waals surface area (Å²) in [5, 5.41) is 1.87. The Labute approximate surface area is 103 Å². The molecule has 0 bridgehead atoms. The van der Waals surface area contributed by atoms with E-state index < -0.39 is 0 Å². The molecule has 2 rings (SSSR count). The van der Waals surface area contributed by atoms with Crippen LogP contribution in [0, 0.1) is 6.07 Å². The minimum absolute atomic E-state index is 0.581. The molecule has 0 N–H and O–H groups in total. The van der Waals surface area contributed by atoms with E-state index in [2.05, 4.69) is 6.07 Å². The van der Waals surface area contributed by atoms with Crippen molar-refractivity contribution >= 4 is 34.8 Å². The van der Waals surface area contributed by atoms with Crippen LogP contribution < -0.4 is 0 Å². The van der Waals surface area contributed by atoms with E-state index in [1.165, 1.54) is 0 Å². The molecule has 0 aliphatic heterocycles. The SMILES string of the molecule is Clc1ccc(-c2[c]cc(Cl)cc2Cl)cc1. The minimum Gasteiger partial charge on any atom is -0.0843 e. The van der Waals surface area contributed by atoms with Gasteiger partial charge in [0.1, 0.15) is 0 Å². The molecule has 0 aliphatic carbocycles. The molecule has 2 aromatic rings. The molecule has 0 heterocycles. The number of benzene rings is 2. The van der Waals surface area contributed by atoms with Crippen LogP contribution in [-0.2, 0) is 0 Å². The molecule has 0 fully saturated rings. The maximum Gasteiger partial charge on any atom is 0.0505 e. The van der Waals surface area contributed by atoms with Crippen molar-refractivity contribution < 1.29 is 0 Å². The van der Waals surface area contributed by atoms with Crippen LogP contribution in [0.2, 0.25) is 15.1 Å². The Morgan fingerprint density at radius 3 is 2.13 bits per heavy atom. The summed E-state index contributed by atoms with van der Waals surface area (Å²) in [4.78, 5) is 0. The summed E-state index contributed by atoms with van der Waals surface area (Å²) < 4.78 is 0. The van der Waals surface area contributed by atoms with Gasteiger partial charge in [-0.25, -0.2) is 0 Å². The second-order valence-corrected chi connectivity index (χ2v) is 4.33. The second kappa shape index (κ2) is 4.44. The molecule has 0 saturated carbocycles. The fourth-order valence-electron chi connectivity index (χ4n) is 1.28. The first-order chi connectivity index (χ1) is 7.16. The Kier molecular flexibility index (Phi) is 3.20. The van der Waals surface area contributed by atoms with Gasteiger partial charge in [0.25, 0.3) is 0 Å². The normalized spacial score (nSPS) is 10.3. The molecule has 15 heavy (non-hydrogen) atoms. The minimum atomic E-state index is 0.581. The summed E-state index contributed by atoms with van der Waals surface area (Å²) >= 11 is 17.6. The van der Waals surface area contributed by atoms with Crippen molar-refractivity contribution in [1.82, 2.24) is 0 Å².